The summed E-state index contributed by atoms with van der Waals surface area (Å²) in [6, 6.07) is 24.5. The van der Waals surface area contributed by atoms with Crippen LogP contribution in [0.1, 0.15) is 11.1 Å². The predicted molar refractivity (Wildman–Crippen MR) is 116 cm³/mol. The van der Waals surface area contributed by atoms with Gasteiger partial charge in [0.05, 0.1) is 17.6 Å². The van der Waals surface area contributed by atoms with Gasteiger partial charge in [-0.1, -0.05) is 60.7 Å². The van der Waals surface area contributed by atoms with Crippen molar-refractivity contribution >= 4 is 12.2 Å². The minimum Gasteiger partial charge on any atom is -0.290 e. The zero-order valence-corrected chi connectivity index (χ0v) is 15.8. The summed E-state index contributed by atoms with van der Waals surface area (Å²) < 4.78 is 0. The number of nitriles is 1. The Kier molecular flexibility index (Phi) is 5.40. The van der Waals surface area contributed by atoms with Crippen LogP contribution in [0.2, 0.25) is 0 Å². The van der Waals surface area contributed by atoms with Gasteiger partial charge in [-0.2, -0.15) is 10.4 Å². The third-order valence-corrected chi connectivity index (χ3v) is 4.33. The number of pyridine rings is 1. The van der Waals surface area contributed by atoms with Crippen LogP contribution in [0.25, 0.3) is 22.5 Å². The van der Waals surface area contributed by atoms with Crippen molar-refractivity contribution in [2.24, 2.45) is 5.10 Å². The van der Waals surface area contributed by atoms with E-state index in [2.05, 4.69) is 25.5 Å². The van der Waals surface area contributed by atoms with E-state index < -0.39 is 5.56 Å². The number of hydrazone groups is 1. The van der Waals surface area contributed by atoms with Crippen LogP contribution in [-0.2, 0) is 0 Å². The molecule has 0 aliphatic carbocycles. The van der Waals surface area contributed by atoms with E-state index in [9.17, 15) is 10.1 Å². The predicted octanol–water partition coefficient (Wildman–Crippen LogP) is 3.82. The zero-order valence-electron chi connectivity index (χ0n) is 15.8. The lowest BCUT2D eigenvalue weighted by Gasteiger charge is -2.06. The molecule has 0 aliphatic rings. The summed E-state index contributed by atoms with van der Waals surface area (Å²) in [5, 5.41) is 13.5. The Bertz CT molecular complexity index is 1270. The second kappa shape index (κ2) is 8.63. The van der Waals surface area contributed by atoms with Gasteiger partial charge in [0.1, 0.15) is 11.6 Å². The van der Waals surface area contributed by atoms with Gasteiger partial charge in [-0.3, -0.25) is 14.8 Å². The molecule has 2 aromatic heterocycles. The van der Waals surface area contributed by atoms with E-state index in [0.717, 1.165) is 16.8 Å². The molecule has 2 aromatic carbocycles. The number of hydrogen-bond donors (Lipinski definition) is 2. The lowest BCUT2D eigenvalue weighted by atomic mass is 10.1. The van der Waals surface area contributed by atoms with Crippen molar-refractivity contribution in [1.29, 1.82) is 5.26 Å². The monoisotopic (exact) mass is 392 g/mol. The summed E-state index contributed by atoms with van der Waals surface area (Å²) in [6.45, 7) is 0. The van der Waals surface area contributed by atoms with Crippen molar-refractivity contribution < 1.29 is 0 Å². The van der Waals surface area contributed by atoms with Crippen LogP contribution in [-0.4, -0.2) is 21.2 Å². The maximum atomic E-state index is 12.3. The second-order valence-electron chi connectivity index (χ2n) is 6.32. The number of anilines is 1. The average molecular weight is 392 g/mol. The van der Waals surface area contributed by atoms with Gasteiger partial charge in [-0.25, -0.2) is 10.4 Å². The molecule has 2 heterocycles. The Morgan fingerprint density at radius 2 is 1.73 bits per heavy atom. The standard InChI is InChI=1S/C23H16N6O/c24-14-19-21(18-6-2-1-3-7-18)27-23(28-22(19)30)29-26-15-16-9-11-17(12-10-16)20-8-4-5-13-25-20/h1-13,15H,(H2,27,28,29,30). The van der Waals surface area contributed by atoms with Crippen molar-refractivity contribution in [2.45, 2.75) is 0 Å². The molecule has 0 spiro atoms. The summed E-state index contributed by atoms with van der Waals surface area (Å²) in [4.78, 5) is 23.5. The number of benzene rings is 2. The molecule has 0 atom stereocenters. The van der Waals surface area contributed by atoms with Gasteiger partial charge >= 0.3 is 0 Å². The largest absolute Gasteiger partial charge is 0.290 e. The van der Waals surface area contributed by atoms with Crippen molar-refractivity contribution in [2.75, 3.05) is 5.43 Å². The highest BCUT2D eigenvalue weighted by Gasteiger charge is 2.12. The van der Waals surface area contributed by atoms with E-state index in [1.54, 1.807) is 24.5 Å². The number of aromatic amines is 1. The molecule has 0 unspecified atom stereocenters. The molecule has 4 aromatic rings. The van der Waals surface area contributed by atoms with E-state index in [1.807, 2.05) is 66.7 Å². The Labute approximate surface area is 172 Å². The van der Waals surface area contributed by atoms with Gasteiger partial charge in [0.2, 0.25) is 5.95 Å². The maximum absolute atomic E-state index is 12.3. The number of rotatable bonds is 5. The minimum absolute atomic E-state index is 0.0409. The molecular formula is C23H16N6O. The van der Waals surface area contributed by atoms with Gasteiger partial charge in [-0.15, -0.1) is 0 Å². The van der Waals surface area contributed by atoms with E-state index in [-0.39, 0.29) is 11.5 Å². The molecular weight excluding hydrogens is 376 g/mol. The smallest absolute Gasteiger partial charge is 0.270 e. The fraction of sp³-hybridized carbons (Fsp3) is 0. The Morgan fingerprint density at radius 1 is 0.967 bits per heavy atom. The summed E-state index contributed by atoms with van der Waals surface area (Å²) >= 11 is 0. The summed E-state index contributed by atoms with van der Waals surface area (Å²) in [5.74, 6) is 0.152. The number of hydrogen-bond acceptors (Lipinski definition) is 6. The van der Waals surface area contributed by atoms with Gasteiger partial charge in [-0.05, 0) is 17.7 Å². The van der Waals surface area contributed by atoms with Crippen LogP contribution >= 0.6 is 0 Å². The molecule has 0 fully saturated rings. The number of nitrogens with one attached hydrogen (secondary N) is 2. The SMILES string of the molecule is N#Cc1c(-c2ccccc2)nc(NN=Cc2ccc(-c3ccccn3)cc2)[nH]c1=O. The van der Waals surface area contributed by atoms with Crippen LogP contribution in [0.15, 0.2) is 88.9 Å². The van der Waals surface area contributed by atoms with Crippen molar-refractivity contribution in [3.05, 3.63) is 100 Å². The summed E-state index contributed by atoms with van der Waals surface area (Å²) in [6.07, 6.45) is 3.37. The average Bonchev–Trinajstić information content (AvgIpc) is 2.80. The molecule has 30 heavy (non-hydrogen) atoms. The third kappa shape index (κ3) is 4.13. The Morgan fingerprint density at radius 3 is 2.43 bits per heavy atom. The molecule has 0 radical (unpaired) electrons. The first-order valence-electron chi connectivity index (χ1n) is 9.15. The van der Waals surface area contributed by atoms with Gasteiger partial charge in [0.25, 0.3) is 5.56 Å². The van der Waals surface area contributed by atoms with Crippen LogP contribution in [0, 0.1) is 11.3 Å². The summed E-state index contributed by atoms with van der Waals surface area (Å²) in [5.41, 5.74) is 5.90. The first-order valence-corrected chi connectivity index (χ1v) is 9.15. The van der Waals surface area contributed by atoms with Crippen LogP contribution in [0.5, 0.6) is 0 Å². The van der Waals surface area contributed by atoms with Crippen molar-refractivity contribution in [3.63, 3.8) is 0 Å². The van der Waals surface area contributed by atoms with E-state index >= 15 is 0 Å². The molecule has 7 nitrogen and oxygen atoms in total. The molecule has 4 rings (SSSR count). The molecule has 0 saturated heterocycles. The molecule has 0 aliphatic heterocycles. The third-order valence-electron chi connectivity index (χ3n) is 4.33. The molecule has 144 valence electrons. The molecule has 2 N–H and O–H groups in total. The number of nitrogens with zero attached hydrogens (tertiary/aromatic N) is 4. The fourth-order valence-electron chi connectivity index (χ4n) is 2.88. The van der Waals surface area contributed by atoms with Crippen LogP contribution in [0.3, 0.4) is 0 Å². The first-order chi connectivity index (χ1) is 14.7. The topological polar surface area (TPSA) is 107 Å². The molecule has 0 amide bonds. The highest BCUT2D eigenvalue weighted by Crippen LogP contribution is 2.19. The number of aromatic nitrogens is 3. The van der Waals surface area contributed by atoms with Crippen molar-refractivity contribution in [1.82, 2.24) is 15.0 Å². The lowest BCUT2D eigenvalue weighted by Crippen LogP contribution is -2.16. The highest BCUT2D eigenvalue weighted by molar-refractivity contribution is 5.81. The van der Waals surface area contributed by atoms with Crippen LogP contribution in [0.4, 0.5) is 5.95 Å². The quantitative estimate of drug-likeness (QED) is 0.397. The van der Waals surface area contributed by atoms with E-state index in [4.69, 9.17) is 0 Å². The first kappa shape index (κ1) is 18.8. The molecule has 0 saturated carbocycles. The normalized spacial score (nSPS) is 10.6. The van der Waals surface area contributed by atoms with E-state index in [0.29, 0.717) is 11.3 Å². The van der Waals surface area contributed by atoms with Gasteiger partial charge < -0.3 is 0 Å². The molecule has 7 heteroatoms. The van der Waals surface area contributed by atoms with E-state index in [1.165, 1.54) is 0 Å². The summed E-state index contributed by atoms with van der Waals surface area (Å²) in [7, 11) is 0. The molecule has 0 bridgehead atoms. The Balaban J connectivity index is 1.54. The fourth-order valence-corrected chi connectivity index (χ4v) is 2.88. The number of H-pyrrole nitrogens is 1. The minimum atomic E-state index is -0.524. The van der Waals surface area contributed by atoms with Gasteiger partial charge in [0, 0.05) is 17.3 Å². The van der Waals surface area contributed by atoms with Gasteiger partial charge in [0.15, 0.2) is 0 Å². The van der Waals surface area contributed by atoms with Crippen LogP contribution < -0.4 is 11.0 Å². The lowest BCUT2D eigenvalue weighted by molar-refractivity contribution is 1.08. The van der Waals surface area contributed by atoms with Crippen molar-refractivity contribution in [3.8, 4) is 28.6 Å². The maximum Gasteiger partial charge on any atom is 0.270 e. The highest BCUT2D eigenvalue weighted by atomic mass is 16.1. The second-order valence-corrected chi connectivity index (χ2v) is 6.32. The Hall–Kier alpha value is -4.57. The zero-order chi connectivity index (χ0) is 20.8.